The molecule has 0 fully saturated rings. The number of nitro benzene ring substituents is 1. The predicted molar refractivity (Wildman–Crippen MR) is 75.8 cm³/mol. The standard InChI is InChI=1S/C13H12N2O3S/c1-19-13-4-2-11(3-5-13)18-12-7-9(14)6-10(8-12)15(16)17/h2-8H,14H2,1H3. The summed E-state index contributed by atoms with van der Waals surface area (Å²) in [6, 6.07) is 11.6. The Labute approximate surface area is 114 Å². The van der Waals surface area contributed by atoms with Crippen molar-refractivity contribution < 1.29 is 9.66 Å². The van der Waals surface area contributed by atoms with Crippen molar-refractivity contribution in [3.05, 3.63) is 52.6 Å². The molecule has 5 nitrogen and oxygen atoms in total. The zero-order valence-corrected chi connectivity index (χ0v) is 11.0. The van der Waals surface area contributed by atoms with Gasteiger partial charge in [0.05, 0.1) is 11.0 Å². The summed E-state index contributed by atoms with van der Waals surface area (Å²) in [7, 11) is 0. The largest absolute Gasteiger partial charge is 0.457 e. The van der Waals surface area contributed by atoms with E-state index in [1.165, 1.54) is 12.1 Å². The van der Waals surface area contributed by atoms with Gasteiger partial charge in [0.25, 0.3) is 5.69 Å². The second kappa shape index (κ2) is 5.62. The van der Waals surface area contributed by atoms with Gasteiger partial charge >= 0.3 is 0 Å². The van der Waals surface area contributed by atoms with Crippen molar-refractivity contribution in [1.82, 2.24) is 0 Å². The van der Waals surface area contributed by atoms with Gasteiger partial charge in [0.15, 0.2) is 0 Å². The van der Waals surface area contributed by atoms with Crippen LogP contribution >= 0.6 is 11.8 Å². The molecule has 0 spiro atoms. The number of nitrogens with zero attached hydrogens (tertiary/aromatic N) is 1. The Hall–Kier alpha value is -2.21. The lowest BCUT2D eigenvalue weighted by Gasteiger charge is -2.07. The Kier molecular flexibility index (Phi) is 3.91. The van der Waals surface area contributed by atoms with Crippen LogP contribution in [-0.4, -0.2) is 11.2 Å². The average Bonchev–Trinajstić information content (AvgIpc) is 2.39. The minimum absolute atomic E-state index is 0.0873. The van der Waals surface area contributed by atoms with Crippen molar-refractivity contribution in [2.45, 2.75) is 4.90 Å². The Morgan fingerprint density at radius 2 is 1.84 bits per heavy atom. The fraction of sp³-hybridized carbons (Fsp3) is 0.0769. The van der Waals surface area contributed by atoms with Crippen molar-refractivity contribution >= 4 is 23.1 Å². The number of benzene rings is 2. The third-order valence-electron chi connectivity index (χ3n) is 2.42. The van der Waals surface area contributed by atoms with Crippen molar-refractivity contribution in [1.29, 1.82) is 0 Å². The van der Waals surface area contributed by atoms with Crippen LogP contribution in [0.4, 0.5) is 11.4 Å². The van der Waals surface area contributed by atoms with E-state index >= 15 is 0 Å². The first-order valence-electron chi connectivity index (χ1n) is 5.45. The average molecular weight is 276 g/mol. The normalized spacial score (nSPS) is 10.2. The van der Waals surface area contributed by atoms with Gasteiger partial charge in [0.2, 0.25) is 0 Å². The fourth-order valence-corrected chi connectivity index (χ4v) is 1.96. The lowest BCUT2D eigenvalue weighted by molar-refractivity contribution is -0.384. The molecule has 2 aromatic rings. The Morgan fingerprint density at radius 3 is 2.42 bits per heavy atom. The van der Waals surface area contributed by atoms with Gasteiger partial charge in [0.1, 0.15) is 11.5 Å². The summed E-state index contributed by atoms with van der Waals surface area (Å²) in [4.78, 5) is 11.3. The maximum atomic E-state index is 10.7. The zero-order valence-electron chi connectivity index (χ0n) is 10.2. The van der Waals surface area contributed by atoms with Crippen molar-refractivity contribution in [3.63, 3.8) is 0 Å². The lowest BCUT2D eigenvalue weighted by atomic mass is 10.2. The summed E-state index contributed by atoms with van der Waals surface area (Å²) in [6.45, 7) is 0. The molecule has 0 unspecified atom stereocenters. The van der Waals surface area contributed by atoms with Gasteiger partial charge in [-0.05, 0) is 30.5 Å². The molecule has 0 heterocycles. The molecule has 19 heavy (non-hydrogen) atoms. The number of nitrogens with two attached hydrogens (primary N) is 1. The molecule has 0 aliphatic rings. The summed E-state index contributed by atoms with van der Waals surface area (Å²) in [5.74, 6) is 0.960. The number of hydrogen-bond acceptors (Lipinski definition) is 5. The van der Waals surface area contributed by atoms with Crippen LogP contribution in [0.5, 0.6) is 11.5 Å². The minimum atomic E-state index is -0.500. The van der Waals surface area contributed by atoms with Gasteiger partial charge in [-0.2, -0.15) is 0 Å². The number of rotatable bonds is 4. The highest BCUT2D eigenvalue weighted by atomic mass is 32.2. The molecule has 0 saturated carbocycles. The number of non-ortho nitro benzene ring substituents is 1. The number of thioether (sulfide) groups is 1. The molecule has 2 aromatic carbocycles. The minimum Gasteiger partial charge on any atom is -0.457 e. The summed E-state index contributed by atoms with van der Waals surface area (Å²) in [5.41, 5.74) is 5.82. The van der Waals surface area contributed by atoms with Crippen LogP contribution < -0.4 is 10.5 Å². The molecule has 0 radical (unpaired) electrons. The van der Waals surface area contributed by atoms with E-state index in [4.69, 9.17) is 10.5 Å². The van der Waals surface area contributed by atoms with E-state index in [0.29, 0.717) is 17.2 Å². The van der Waals surface area contributed by atoms with Gasteiger partial charge < -0.3 is 10.5 Å². The topological polar surface area (TPSA) is 78.4 Å². The summed E-state index contributed by atoms with van der Waals surface area (Å²) < 4.78 is 5.56. The second-order valence-corrected chi connectivity index (χ2v) is 4.67. The van der Waals surface area contributed by atoms with Gasteiger partial charge in [-0.3, -0.25) is 10.1 Å². The molecule has 0 bridgehead atoms. The summed E-state index contributed by atoms with van der Waals surface area (Å²) in [5, 5.41) is 10.7. The number of nitro groups is 1. The highest BCUT2D eigenvalue weighted by molar-refractivity contribution is 7.98. The Bertz CT molecular complexity index is 599. The van der Waals surface area contributed by atoms with E-state index in [0.717, 1.165) is 4.90 Å². The second-order valence-electron chi connectivity index (χ2n) is 3.79. The lowest BCUT2D eigenvalue weighted by Crippen LogP contribution is -1.93. The molecule has 6 heteroatoms. The van der Waals surface area contributed by atoms with Crippen LogP contribution in [0.15, 0.2) is 47.4 Å². The molecular weight excluding hydrogens is 264 g/mol. The highest BCUT2D eigenvalue weighted by Crippen LogP contribution is 2.29. The van der Waals surface area contributed by atoms with Crippen LogP contribution in [0.1, 0.15) is 0 Å². The molecule has 98 valence electrons. The Morgan fingerprint density at radius 1 is 1.16 bits per heavy atom. The smallest absolute Gasteiger partial charge is 0.275 e. The van der Waals surface area contributed by atoms with Crippen LogP contribution in [0.2, 0.25) is 0 Å². The van der Waals surface area contributed by atoms with E-state index in [2.05, 4.69) is 0 Å². The molecule has 0 saturated heterocycles. The summed E-state index contributed by atoms with van der Waals surface area (Å²) in [6.07, 6.45) is 1.98. The first kappa shape index (κ1) is 13.2. The molecule has 2 N–H and O–H groups in total. The first-order chi connectivity index (χ1) is 9.08. The number of ether oxygens (including phenoxy) is 1. The molecule has 0 aliphatic heterocycles. The first-order valence-corrected chi connectivity index (χ1v) is 6.68. The van der Waals surface area contributed by atoms with Crippen molar-refractivity contribution in [3.8, 4) is 11.5 Å². The Balaban J connectivity index is 2.24. The van der Waals surface area contributed by atoms with E-state index in [1.54, 1.807) is 30.0 Å². The molecule has 0 aromatic heterocycles. The fourth-order valence-electron chi connectivity index (χ4n) is 1.55. The van der Waals surface area contributed by atoms with Gasteiger partial charge in [-0.15, -0.1) is 11.8 Å². The third kappa shape index (κ3) is 3.38. The number of nitrogen functional groups attached to an aromatic ring is 1. The third-order valence-corrected chi connectivity index (χ3v) is 3.16. The van der Waals surface area contributed by atoms with E-state index in [1.807, 2.05) is 18.4 Å². The van der Waals surface area contributed by atoms with Crippen LogP contribution in [0, 0.1) is 10.1 Å². The molecule has 0 amide bonds. The van der Waals surface area contributed by atoms with Crippen LogP contribution in [-0.2, 0) is 0 Å². The molecule has 0 atom stereocenters. The van der Waals surface area contributed by atoms with Gasteiger partial charge in [0, 0.05) is 22.7 Å². The number of hydrogen-bond donors (Lipinski definition) is 1. The quantitative estimate of drug-likeness (QED) is 0.399. The monoisotopic (exact) mass is 276 g/mol. The predicted octanol–water partition coefficient (Wildman–Crippen LogP) is 3.69. The van der Waals surface area contributed by atoms with E-state index < -0.39 is 4.92 Å². The van der Waals surface area contributed by atoms with E-state index in [9.17, 15) is 10.1 Å². The van der Waals surface area contributed by atoms with Crippen molar-refractivity contribution in [2.24, 2.45) is 0 Å². The van der Waals surface area contributed by atoms with E-state index in [-0.39, 0.29) is 5.69 Å². The summed E-state index contributed by atoms with van der Waals surface area (Å²) >= 11 is 1.63. The van der Waals surface area contributed by atoms with Gasteiger partial charge in [-0.1, -0.05) is 0 Å². The molecule has 0 aliphatic carbocycles. The highest BCUT2D eigenvalue weighted by Gasteiger charge is 2.09. The number of anilines is 1. The van der Waals surface area contributed by atoms with Crippen LogP contribution in [0.25, 0.3) is 0 Å². The molecule has 2 rings (SSSR count). The maximum absolute atomic E-state index is 10.7. The molecular formula is C13H12N2O3S. The zero-order chi connectivity index (χ0) is 13.8. The maximum Gasteiger partial charge on any atom is 0.275 e. The van der Waals surface area contributed by atoms with Gasteiger partial charge in [-0.25, -0.2) is 0 Å². The van der Waals surface area contributed by atoms with Crippen LogP contribution in [0.3, 0.4) is 0 Å². The SMILES string of the molecule is CSc1ccc(Oc2cc(N)cc([N+](=O)[O-])c2)cc1. The van der Waals surface area contributed by atoms with Crippen molar-refractivity contribution in [2.75, 3.05) is 12.0 Å².